The molecular weight excluding hydrogens is 350 g/mol. The van der Waals surface area contributed by atoms with Gasteiger partial charge < -0.3 is 9.30 Å². The van der Waals surface area contributed by atoms with Crippen LogP contribution in [-0.4, -0.2) is 9.55 Å². The number of rotatable bonds is 6. The molecule has 0 aliphatic rings. The Morgan fingerprint density at radius 2 is 1.79 bits per heavy atom. The van der Waals surface area contributed by atoms with Crippen molar-refractivity contribution >= 4 is 23.2 Å². The van der Waals surface area contributed by atoms with Crippen molar-refractivity contribution in [2.24, 2.45) is 0 Å². The molecule has 0 fully saturated rings. The first-order valence-electron chi connectivity index (χ1n) is 7.44. The third kappa shape index (κ3) is 4.49. The molecule has 6 heteroatoms. The summed E-state index contributed by atoms with van der Waals surface area (Å²) in [6, 6.07) is 11.4. The van der Waals surface area contributed by atoms with E-state index in [1.165, 1.54) is 12.1 Å². The van der Waals surface area contributed by atoms with Gasteiger partial charge >= 0.3 is 0 Å². The monoisotopic (exact) mass is 364 g/mol. The van der Waals surface area contributed by atoms with Gasteiger partial charge in [0.1, 0.15) is 17.7 Å². The summed E-state index contributed by atoms with van der Waals surface area (Å²) in [7, 11) is 0. The molecule has 0 aliphatic carbocycles. The fourth-order valence-corrected chi connectivity index (χ4v) is 2.92. The van der Waals surface area contributed by atoms with E-state index < -0.39 is 0 Å². The highest BCUT2D eigenvalue weighted by Gasteiger charge is 2.15. The lowest BCUT2D eigenvalue weighted by Crippen LogP contribution is -2.11. The Morgan fingerprint density at radius 3 is 2.42 bits per heavy atom. The maximum absolute atomic E-state index is 13.2. The lowest BCUT2D eigenvalue weighted by Gasteiger charge is -2.20. The second-order valence-corrected chi connectivity index (χ2v) is 6.23. The highest BCUT2D eigenvalue weighted by Crippen LogP contribution is 2.30. The average molecular weight is 365 g/mol. The predicted octanol–water partition coefficient (Wildman–Crippen LogP) is 5.54. The summed E-state index contributed by atoms with van der Waals surface area (Å²) in [5, 5.41) is 1.01. The van der Waals surface area contributed by atoms with E-state index in [4.69, 9.17) is 27.9 Å². The number of nitrogens with zero attached hydrogens (tertiary/aromatic N) is 2. The first-order chi connectivity index (χ1) is 11.6. The summed E-state index contributed by atoms with van der Waals surface area (Å²) in [6.07, 6.45) is 5.79. The SMILES string of the molecule is Fc1ccc(C(CCn2ccnc2)Oc2cc(Cl)cc(Cl)c2)cc1. The highest BCUT2D eigenvalue weighted by molar-refractivity contribution is 6.34. The zero-order valence-electron chi connectivity index (χ0n) is 12.7. The van der Waals surface area contributed by atoms with E-state index in [1.807, 2.05) is 10.8 Å². The van der Waals surface area contributed by atoms with Gasteiger partial charge in [-0.25, -0.2) is 9.37 Å². The molecule has 3 rings (SSSR count). The van der Waals surface area contributed by atoms with E-state index in [2.05, 4.69) is 4.98 Å². The summed E-state index contributed by atoms with van der Waals surface area (Å²) in [4.78, 5) is 4.03. The van der Waals surface area contributed by atoms with Crippen molar-refractivity contribution in [2.75, 3.05) is 0 Å². The van der Waals surface area contributed by atoms with E-state index in [-0.39, 0.29) is 11.9 Å². The Bertz CT molecular complexity index is 771. The Balaban J connectivity index is 1.81. The van der Waals surface area contributed by atoms with Crippen molar-refractivity contribution in [3.8, 4) is 5.75 Å². The van der Waals surface area contributed by atoms with Gasteiger partial charge in [-0.15, -0.1) is 0 Å². The van der Waals surface area contributed by atoms with Crippen LogP contribution in [0.15, 0.2) is 61.2 Å². The number of halogens is 3. The van der Waals surface area contributed by atoms with Gasteiger partial charge in [0.15, 0.2) is 0 Å². The molecule has 124 valence electrons. The zero-order chi connectivity index (χ0) is 16.9. The Kier molecular flexibility index (Phi) is 5.38. The lowest BCUT2D eigenvalue weighted by atomic mass is 10.1. The van der Waals surface area contributed by atoms with Gasteiger partial charge in [-0.2, -0.15) is 0 Å². The van der Waals surface area contributed by atoms with E-state index in [0.29, 0.717) is 22.2 Å². The van der Waals surface area contributed by atoms with Crippen LogP contribution >= 0.6 is 23.2 Å². The molecule has 0 saturated heterocycles. The molecule has 24 heavy (non-hydrogen) atoms. The number of aromatic nitrogens is 2. The first-order valence-corrected chi connectivity index (χ1v) is 8.20. The Labute approximate surface area is 149 Å². The topological polar surface area (TPSA) is 27.1 Å². The quantitative estimate of drug-likeness (QED) is 0.574. The highest BCUT2D eigenvalue weighted by atomic mass is 35.5. The standard InChI is InChI=1S/C18H15Cl2FN2O/c19-14-9-15(20)11-17(10-14)24-18(5-7-23-8-6-22-12-23)13-1-3-16(21)4-2-13/h1-4,6,8-12,18H,5,7H2. The Hall–Kier alpha value is -2.04. The van der Waals surface area contributed by atoms with E-state index in [1.54, 1.807) is 42.9 Å². The number of benzene rings is 2. The van der Waals surface area contributed by atoms with E-state index in [0.717, 1.165) is 12.1 Å². The van der Waals surface area contributed by atoms with Crippen LogP contribution < -0.4 is 4.74 Å². The molecule has 0 amide bonds. The summed E-state index contributed by atoms with van der Waals surface area (Å²) in [5.41, 5.74) is 0.882. The van der Waals surface area contributed by atoms with Gasteiger partial charge in [-0.1, -0.05) is 35.3 Å². The second kappa shape index (κ2) is 7.69. The van der Waals surface area contributed by atoms with Gasteiger partial charge in [-0.3, -0.25) is 0 Å². The van der Waals surface area contributed by atoms with Crippen molar-refractivity contribution in [3.63, 3.8) is 0 Å². The largest absolute Gasteiger partial charge is 0.486 e. The Morgan fingerprint density at radius 1 is 1.08 bits per heavy atom. The van der Waals surface area contributed by atoms with Crippen LogP contribution in [0, 0.1) is 5.82 Å². The molecule has 1 aromatic heterocycles. The van der Waals surface area contributed by atoms with Gasteiger partial charge in [-0.05, 0) is 35.9 Å². The van der Waals surface area contributed by atoms with Crippen LogP contribution in [-0.2, 0) is 6.54 Å². The van der Waals surface area contributed by atoms with Crippen LogP contribution in [0.25, 0.3) is 0 Å². The maximum atomic E-state index is 13.2. The molecule has 1 unspecified atom stereocenters. The first kappa shape index (κ1) is 16.8. The van der Waals surface area contributed by atoms with Crippen LogP contribution in [0.2, 0.25) is 10.0 Å². The maximum Gasteiger partial charge on any atom is 0.125 e. The molecule has 3 nitrogen and oxygen atoms in total. The molecule has 1 heterocycles. The van der Waals surface area contributed by atoms with Crippen LogP contribution in [0.1, 0.15) is 18.1 Å². The van der Waals surface area contributed by atoms with Crippen LogP contribution in [0.4, 0.5) is 4.39 Å². The number of hydrogen-bond donors (Lipinski definition) is 0. The lowest BCUT2D eigenvalue weighted by molar-refractivity contribution is 0.188. The van der Waals surface area contributed by atoms with Crippen LogP contribution in [0.3, 0.4) is 0 Å². The molecule has 2 aromatic carbocycles. The zero-order valence-corrected chi connectivity index (χ0v) is 14.2. The summed E-state index contributed by atoms with van der Waals surface area (Å²) in [6.45, 7) is 0.719. The number of ether oxygens (including phenoxy) is 1. The summed E-state index contributed by atoms with van der Waals surface area (Å²) < 4.78 is 21.2. The van der Waals surface area contributed by atoms with Crippen molar-refractivity contribution in [2.45, 2.75) is 19.1 Å². The van der Waals surface area contributed by atoms with Gasteiger partial charge in [0.05, 0.1) is 6.33 Å². The minimum Gasteiger partial charge on any atom is -0.486 e. The second-order valence-electron chi connectivity index (χ2n) is 5.35. The fourth-order valence-electron chi connectivity index (χ4n) is 2.42. The normalized spacial score (nSPS) is 12.1. The average Bonchev–Trinajstić information content (AvgIpc) is 3.05. The molecule has 0 N–H and O–H groups in total. The number of aryl methyl sites for hydroxylation is 1. The fraction of sp³-hybridized carbons (Fsp3) is 0.167. The minimum atomic E-state index is -0.280. The molecular formula is C18H15Cl2FN2O. The number of hydrogen-bond acceptors (Lipinski definition) is 2. The van der Waals surface area contributed by atoms with Crippen molar-refractivity contribution in [3.05, 3.63) is 82.6 Å². The third-order valence-electron chi connectivity index (χ3n) is 3.56. The molecule has 0 spiro atoms. The molecule has 0 bridgehead atoms. The summed E-state index contributed by atoms with van der Waals surface area (Å²) >= 11 is 12.1. The predicted molar refractivity (Wildman–Crippen MR) is 93.1 cm³/mol. The van der Waals surface area contributed by atoms with Crippen molar-refractivity contribution < 1.29 is 9.13 Å². The molecule has 1 atom stereocenters. The van der Waals surface area contributed by atoms with Gasteiger partial charge in [0, 0.05) is 35.4 Å². The van der Waals surface area contributed by atoms with Crippen molar-refractivity contribution in [1.29, 1.82) is 0 Å². The van der Waals surface area contributed by atoms with E-state index in [9.17, 15) is 4.39 Å². The third-order valence-corrected chi connectivity index (χ3v) is 4.00. The molecule has 0 radical (unpaired) electrons. The molecule has 0 saturated carbocycles. The smallest absolute Gasteiger partial charge is 0.125 e. The minimum absolute atomic E-state index is 0.262. The summed E-state index contributed by atoms with van der Waals surface area (Å²) in [5.74, 6) is 0.297. The molecule has 0 aliphatic heterocycles. The van der Waals surface area contributed by atoms with Crippen molar-refractivity contribution in [1.82, 2.24) is 9.55 Å². The van der Waals surface area contributed by atoms with Gasteiger partial charge in [0.2, 0.25) is 0 Å². The van der Waals surface area contributed by atoms with E-state index >= 15 is 0 Å². The van der Waals surface area contributed by atoms with Gasteiger partial charge in [0.25, 0.3) is 0 Å². The van der Waals surface area contributed by atoms with Crippen LogP contribution in [0.5, 0.6) is 5.75 Å². The molecule has 3 aromatic rings. The number of imidazole rings is 1.